The Morgan fingerprint density at radius 3 is 3.00 bits per heavy atom. The Bertz CT molecular complexity index is 485. The van der Waals surface area contributed by atoms with Crippen molar-refractivity contribution in [1.82, 2.24) is 15.5 Å². The Balaban J connectivity index is 1.79. The maximum absolute atomic E-state index is 5.22. The van der Waals surface area contributed by atoms with E-state index < -0.39 is 0 Å². The molecular formula is C11H13N3O2. The number of rotatable bonds is 3. The van der Waals surface area contributed by atoms with E-state index in [1.807, 2.05) is 13.0 Å². The second-order valence-corrected chi connectivity index (χ2v) is 4.13. The molecule has 2 aromatic heterocycles. The molecule has 3 heterocycles. The number of furan rings is 1. The number of nitrogens with one attached hydrogen (secondary N) is 1. The van der Waals surface area contributed by atoms with E-state index in [1.54, 1.807) is 6.26 Å². The zero-order valence-corrected chi connectivity index (χ0v) is 9.06. The molecule has 0 spiro atoms. The van der Waals surface area contributed by atoms with Gasteiger partial charge in [0.15, 0.2) is 0 Å². The largest absolute Gasteiger partial charge is 0.469 e. The van der Waals surface area contributed by atoms with Gasteiger partial charge in [-0.05, 0) is 32.0 Å². The summed E-state index contributed by atoms with van der Waals surface area (Å²) in [6.45, 7) is 3.98. The molecule has 1 saturated heterocycles. The molecule has 1 N–H and O–H groups in total. The molecule has 0 unspecified atom stereocenters. The summed E-state index contributed by atoms with van der Waals surface area (Å²) in [4.78, 5) is 4.37. The van der Waals surface area contributed by atoms with E-state index in [2.05, 4.69) is 15.5 Å². The minimum Gasteiger partial charge on any atom is -0.469 e. The van der Waals surface area contributed by atoms with Gasteiger partial charge in [0.25, 0.3) is 0 Å². The van der Waals surface area contributed by atoms with Gasteiger partial charge >= 0.3 is 0 Å². The van der Waals surface area contributed by atoms with Crippen molar-refractivity contribution < 1.29 is 8.94 Å². The van der Waals surface area contributed by atoms with Crippen molar-refractivity contribution in [3.8, 4) is 11.4 Å². The second-order valence-electron chi connectivity index (χ2n) is 4.13. The van der Waals surface area contributed by atoms with Crippen LogP contribution in [0.4, 0.5) is 0 Å². The predicted octanol–water partition coefficient (Wildman–Crippen LogP) is 1.40. The number of aromatic nitrogens is 2. The summed E-state index contributed by atoms with van der Waals surface area (Å²) >= 11 is 0. The molecular weight excluding hydrogens is 206 g/mol. The van der Waals surface area contributed by atoms with Gasteiger partial charge in [0, 0.05) is 6.42 Å². The summed E-state index contributed by atoms with van der Waals surface area (Å²) in [6.07, 6.45) is 2.49. The normalized spacial score (nSPS) is 16.3. The van der Waals surface area contributed by atoms with E-state index >= 15 is 0 Å². The quantitative estimate of drug-likeness (QED) is 0.845. The van der Waals surface area contributed by atoms with Crippen LogP contribution in [0, 0.1) is 12.8 Å². The molecule has 0 saturated carbocycles. The van der Waals surface area contributed by atoms with Gasteiger partial charge in [0.1, 0.15) is 5.76 Å². The summed E-state index contributed by atoms with van der Waals surface area (Å²) in [5, 5.41) is 7.18. The number of aryl methyl sites for hydroxylation is 1. The molecule has 0 aliphatic carbocycles. The summed E-state index contributed by atoms with van der Waals surface area (Å²) in [5.74, 6) is 2.78. The summed E-state index contributed by atoms with van der Waals surface area (Å²) in [5.41, 5.74) is 0.904. The Labute approximate surface area is 92.8 Å². The van der Waals surface area contributed by atoms with Crippen molar-refractivity contribution in [3.05, 3.63) is 24.0 Å². The van der Waals surface area contributed by atoms with Gasteiger partial charge < -0.3 is 14.3 Å². The average molecular weight is 219 g/mol. The van der Waals surface area contributed by atoms with Gasteiger partial charge in [0.05, 0.1) is 11.8 Å². The van der Waals surface area contributed by atoms with Crippen LogP contribution in [0.5, 0.6) is 0 Å². The summed E-state index contributed by atoms with van der Waals surface area (Å²) in [7, 11) is 0. The molecule has 0 bridgehead atoms. The summed E-state index contributed by atoms with van der Waals surface area (Å²) < 4.78 is 10.4. The second kappa shape index (κ2) is 3.75. The van der Waals surface area contributed by atoms with Gasteiger partial charge in [-0.25, -0.2) is 0 Å². The first-order chi connectivity index (χ1) is 7.83. The highest BCUT2D eigenvalue weighted by atomic mass is 16.5. The standard InChI is InChI=1S/C11H13N3O2/c1-7-9(2-3-15-7)11-13-10(16-14-11)4-8-5-12-6-8/h2-3,8,12H,4-6H2,1H3. The van der Waals surface area contributed by atoms with Crippen molar-refractivity contribution in [2.45, 2.75) is 13.3 Å². The van der Waals surface area contributed by atoms with E-state index in [1.165, 1.54) is 0 Å². The Kier molecular flexibility index (Phi) is 2.25. The maximum atomic E-state index is 5.22. The fourth-order valence-electron chi connectivity index (χ4n) is 1.80. The van der Waals surface area contributed by atoms with Gasteiger partial charge in [-0.3, -0.25) is 0 Å². The molecule has 0 aromatic carbocycles. The van der Waals surface area contributed by atoms with Crippen LogP contribution in [0.25, 0.3) is 11.4 Å². The highest BCUT2D eigenvalue weighted by Crippen LogP contribution is 2.22. The molecule has 5 heteroatoms. The van der Waals surface area contributed by atoms with E-state index in [9.17, 15) is 0 Å². The SMILES string of the molecule is Cc1occc1-c1noc(CC2CNC2)n1. The Morgan fingerprint density at radius 2 is 2.38 bits per heavy atom. The molecule has 0 radical (unpaired) electrons. The Hall–Kier alpha value is -1.62. The lowest BCUT2D eigenvalue weighted by atomic mass is 10.00. The first-order valence-corrected chi connectivity index (χ1v) is 5.40. The van der Waals surface area contributed by atoms with E-state index in [4.69, 9.17) is 8.94 Å². The van der Waals surface area contributed by atoms with E-state index in [-0.39, 0.29) is 0 Å². The van der Waals surface area contributed by atoms with Crippen LogP contribution in [-0.2, 0) is 6.42 Å². The van der Waals surface area contributed by atoms with Gasteiger partial charge in [-0.15, -0.1) is 0 Å². The van der Waals surface area contributed by atoms with Gasteiger partial charge in [0.2, 0.25) is 11.7 Å². The lowest BCUT2D eigenvalue weighted by Gasteiger charge is -2.25. The van der Waals surface area contributed by atoms with Crippen LogP contribution in [0.3, 0.4) is 0 Å². The van der Waals surface area contributed by atoms with Crippen molar-refractivity contribution in [2.24, 2.45) is 5.92 Å². The molecule has 0 atom stereocenters. The third-order valence-corrected chi connectivity index (χ3v) is 2.90. The minimum absolute atomic E-state index is 0.619. The molecule has 3 rings (SSSR count). The zero-order chi connectivity index (χ0) is 11.0. The van der Waals surface area contributed by atoms with Gasteiger partial charge in [-0.1, -0.05) is 5.16 Å². The molecule has 84 valence electrons. The van der Waals surface area contributed by atoms with Crippen molar-refractivity contribution >= 4 is 0 Å². The van der Waals surface area contributed by atoms with Crippen molar-refractivity contribution in [2.75, 3.05) is 13.1 Å². The van der Waals surface area contributed by atoms with Crippen LogP contribution in [0.15, 0.2) is 21.3 Å². The molecule has 5 nitrogen and oxygen atoms in total. The van der Waals surface area contributed by atoms with Crippen LogP contribution in [-0.4, -0.2) is 23.2 Å². The monoisotopic (exact) mass is 219 g/mol. The number of hydrogen-bond acceptors (Lipinski definition) is 5. The van der Waals surface area contributed by atoms with Crippen LogP contribution < -0.4 is 5.32 Å². The number of hydrogen-bond donors (Lipinski definition) is 1. The predicted molar refractivity (Wildman–Crippen MR) is 56.8 cm³/mol. The smallest absolute Gasteiger partial charge is 0.227 e. The fourth-order valence-corrected chi connectivity index (χ4v) is 1.80. The first kappa shape index (κ1) is 9.59. The van der Waals surface area contributed by atoms with Crippen LogP contribution in [0.1, 0.15) is 11.7 Å². The fraction of sp³-hybridized carbons (Fsp3) is 0.455. The lowest BCUT2D eigenvalue weighted by molar-refractivity contribution is 0.296. The highest BCUT2D eigenvalue weighted by Gasteiger charge is 2.21. The topological polar surface area (TPSA) is 64.1 Å². The van der Waals surface area contributed by atoms with Crippen molar-refractivity contribution in [3.63, 3.8) is 0 Å². The maximum Gasteiger partial charge on any atom is 0.227 e. The molecule has 1 aliphatic rings. The Morgan fingerprint density at radius 1 is 1.50 bits per heavy atom. The lowest BCUT2D eigenvalue weighted by Crippen LogP contribution is -2.43. The molecule has 16 heavy (non-hydrogen) atoms. The molecule has 1 fully saturated rings. The first-order valence-electron chi connectivity index (χ1n) is 5.40. The minimum atomic E-state index is 0.619. The molecule has 1 aliphatic heterocycles. The van der Waals surface area contributed by atoms with Crippen LogP contribution >= 0.6 is 0 Å². The van der Waals surface area contributed by atoms with E-state index in [0.29, 0.717) is 17.6 Å². The highest BCUT2D eigenvalue weighted by molar-refractivity contribution is 5.56. The molecule has 2 aromatic rings. The van der Waals surface area contributed by atoms with E-state index in [0.717, 1.165) is 30.8 Å². The molecule has 0 amide bonds. The average Bonchev–Trinajstić information content (AvgIpc) is 2.80. The zero-order valence-electron chi connectivity index (χ0n) is 9.06. The summed E-state index contributed by atoms with van der Waals surface area (Å²) in [6, 6.07) is 1.86. The third-order valence-electron chi connectivity index (χ3n) is 2.90. The van der Waals surface area contributed by atoms with Crippen molar-refractivity contribution in [1.29, 1.82) is 0 Å². The third kappa shape index (κ3) is 1.63. The van der Waals surface area contributed by atoms with Gasteiger partial charge in [-0.2, -0.15) is 4.98 Å². The number of nitrogens with zero attached hydrogens (tertiary/aromatic N) is 2. The van der Waals surface area contributed by atoms with Crippen LogP contribution in [0.2, 0.25) is 0 Å².